The van der Waals surface area contributed by atoms with E-state index in [0.29, 0.717) is 23.1 Å². The molecule has 1 aromatic carbocycles. The summed E-state index contributed by atoms with van der Waals surface area (Å²) in [7, 11) is 0. The smallest absolute Gasteiger partial charge is 0.308 e. The van der Waals surface area contributed by atoms with Gasteiger partial charge in [0.25, 0.3) is 0 Å². The van der Waals surface area contributed by atoms with Gasteiger partial charge in [-0.15, -0.1) is 11.3 Å². The molecule has 124 valence electrons. The van der Waals surface area contributed by atoms with Gasteiger partial charge in [-0.05, 0) is 32.0 Å². The number of aryl methyl sites for hydroxylation is 2. The number of nitrogens with zero attached hydrogens (tertiary/aromatic N) is 1. The third-order valence-corrected chi connectivity index (χ3v) is 4.76. The van der Waals surface area contributed by atoms with E-state index in [1.165, 1.54) is 18.3 Å². The summed E-state index contributed by atoms with van der Waals surface area (Å²) in [5.74, 6) is 0.787. The number of carbonyl (C=O) groups excluding carboxylic acids is 1. The number of thiophene rings is 1. The van der Waals surface area contributed by atoms with Crippen LogP contribution in [0.25, 0.3) is 10.1 Å². The van der Waals surface area contributed by atoms with Crippen molar-refractivity contribution in [1.29, 1.82) is 0 Å². The number of fused-ring (bicyclic) bond motifs is 1. The molecule has 3 aromatic rings. The molecule has 0 saturated heterocycles. The van der Waals surface area contributed by atoms with Gasteiger partial charge in [-0.2, -0.15) is 0 Å². The van der Waals surface area contributed by atoms with Crippen LogP contribution in [0.1, 0.15) is 23.9 Å². The van der Waals surface area contributed by atoms with E-state index in [1.807, 2.05) is 32.0 Å². The maximum atomic E-state index is 11.2. The van der Waals surface area contributed by atoms with Crippen LogP contribution in [0.4, 0.5) is 0 Å². The van der Waals surface area contributed by atoms with Crippen LogP contribution < -0.4 is 9.47 Å². The molecule has 0 aliphatic carbocycles. The maximum absolute atomic E-state index is 11.2. The lowest BCUT2D eigenvalue weighted by atomic mass is 10.2. The van der Waals surface area contributed by atoms with Crippen molar-refractivity contribution in [1.82, 2.24) is 4.98 Å². The van der Waals surface area contributed by atoms with E-state index in [1.54, 1.807) is 11.4 Å². The highest BCUT2D eigenvalue weighted by molar-refractivity contribution is 7.17. The first kappa shape index (κ1) is 16.7. The average Bonchev–Trinajstić information content (AvgIpc) is 2.89. The molecule has 24 heavy (non-hydrogen) atoms. The third kappa shape index (κ3) is 3.52. The van der Waals surface area contributed by atoms with E-state index in [2.05, 4.69) is 4.98 Å². The molecular formula is C18H16ClNO3S. The number of rotatable bonds is 4. The first-order valence-corrected chi connectivity index (χ1v) is 8.65. The van der Waals surface area contributed by atoms with Gasteiger partial charge in [0.2, 0.25) is 0 Å². The molecule has 3 rings (SSSR count). The van der Waals surface area contributed by atoms with Gasteiger partial charge >= 0.3 is 5.97 Å². The second-order valence-corrected chi connectivity index (χ2v) is 6.78. The highest BCUT2D eigenvalue weighted by Crippen LogP contribution is 2.40. The highest BCUT2D eigenvalue weighted by Gasteiger charge is 2.13. The molecule has 0 bridgehead atoms. The second-order valence-electron chi connectivity index (χ2n) is 5.46. The largest absolute Gasteiger partial charge is 0.489 e. The summed E-state index contributed by atoms with van der Waals surface area (Å²) in [4.78, 5) is 15.6. The van der Waals surface area contributed by atoms with Gasteiger partial charge < -0.3 is 9.47 Å². The fraction of sp³-hybridized carbons (Fsp3) is 0.222. The zero-order valence-electron chi connectivity index (χ0n) is 13.6. The van der Waals surface area contributed by atoms with Crippen LogP contribution in [0.3, 0.4) is 0 Å². The predicted molar refractivity (Wildman–Crippen MR) is 96.2 cm³/mol. The van der Waals surface area contributed by atoms with Crippen LogP contribution in [0.2, 0.25) is 5.02 Å². The van der Waals surface area contributed by atoms with E-state index >= 15 is 0 Å². The summed E-state index contributed by atoms with van der Waals surface area (Å²) >= 11 is 7.81. The number of pyridine rings is 1. The van der Waals surface area contributed by atoms with Gasteiger partial charge in [0.15, 0.2) is 5.75 Å². The minimum atomic E-state index is -0.367. The number of hydrogen-bond acceptors (Lipinski definition) is 5. The van der Waals surface area contributed by atoms with Gasteiger partial charge in [0.1, 0.15) is 12.4 Å². The van der Waals surface area contributed by atoms with Crippen molar-refractivity contribution in [3.05, 3.63) is 51.6 Å². The average molecular weight is 362 g/mol. The van der Waals surface area contributed by atoms with E-state index < -0.39 is 0 Å². The lowest BCUT2D eigenvalue weighted by molar-refractivity contribution is -0.131. The summed E-state index contributed by atoms with van der Waals surface area (Å²) in [6.07, 6.45) is 0. The Bertz CT molecular complexity index is 920. The molecule has 0 spiro atoms. The fourth-order valence-corrected chi connectivity index (χ4v) is 3.68. The maximum Gasteiger partial charge on any atom is 0.308 e. The molecule has 0 amide bonds. The monoisotopic (exact) mass is 361 g/mol. The van der Waals surface area contributed by atoms with Crippen molar-refractivity contribution in [2.24, 2.45) is 0 Å². The van der Waals surface area contributed by atoms with Gasteiger partial charge in [-0.1, -0.05) is 17.7 Å². The van der Waals surface area contributed by atoms with E-state index in [9.17, 15) is 4.79 Å². The number of ether oxygens (including phenoxy) is 2. The fourth-order valence-electron chi connectivity index (χ4n) is 2.41. The number of halogens is 1. The topological polar surface area (TPSA) is 48.4 Å². The zero-order valence-corrected chi connectivity index (χ0v) is 15.1. The number of benzene rings is 1. The van der Waals surface area contributed by atoms with Gasteiger partial charge in [-0.3, -0.25) is 9.78 Å². The Labute approximate surface area is 149 Å². The Morgan fingerprint density at radius 3 is 2.79 bits per heavy atom. The number of aromatic nitrogens is 1. The Kier molecular flexibility index (Phi) is 4.73. The molecule has 2 aromatic heterocycles. The van der Waals surface area contributed by atoms with Gasteiger partial charge in [0.05, 0.1) is 10.4 Å². The van der Waals surface area contributed by atoms with Crippen molar-refractivity contribution in [2.45, 2.75) is 27.4 Å². The molecular weight excluding hydrogens is 346 g/mol. The first-order valence-electron chi connectivity index (χ1n) is 7.39. The summed E-state index contributed by atoms with van der Waals surface area (Å²) in [5.41, 5.74) is 2.97. The lowest BCUT2D eigenvalue weighted by Gasteiger charge is -2.10. The number of carbonyl (C=O) groups is 1. The quantitative estimate of drug-likeness (QED) is 0.608. The molecule has 0 aliphatic rings. The normalized spacial score (nSPS) is 10.8. The van der Waals surface area contributed by atoms with E-state index in [4.69, 9.17) is 21.1 Å². The van der Waals surface area contributed by atoms with Gasteiger partial charge in [0, 0.05) is 34.0 Å². The van der Waals surface area contributed by atoms with Crippen LogP contribution in [-0.4, -0.2) is 11.0 Å². The molecule has 6 heteroatoms. The standard InChI is InChI=1S/C18H16ClNO3S/c1-10-4-5-13(11(2)20-10)8-22-14-6-15(19)18-16(23-12(3)21)9-24-17(18)7-14/h4-7,9H,8H2,1-3H3. The van der Waals surface area contributed by atoms with Gasteiger partial charge in [-0.25, -0.2) is 0 Å². The number of esters is 1. The Morgan fingerprint density at radius 2 is 2.08 bits per heavy atom. The van der Waals surface area contributed by atoms with Crippen LogP contribution >= 0.6 is 22.9 Å². The molecule has 2 heterocycles. The Balaban J connectivity index is 1.84. The van der Waals surface area contributed by atoms with Crippen LogP contribution in [-0.2, 0) is 11.4 Å². The summed E-state index contributed by atoms with van der Waals surface area (Å²) in [6, 6.07) is 7.62. The SMILES string of the molecule is CC(=O)Oc1csc2cc(OCc3ccc(C)nc3C)cc(Cl)c12. The molecule has 0 fully saturated rings. The van der Waals surface area contributed by atoms with Crippen molar-refractivity contribution in [2.75, 3.05) is 0 Å². The molecule has 0 atom stereocenters. The molecule has 4 nitrogen and oxygen atoms in total. The lowest BCUT2D eigenvalue weighted by Crippen LogP contribution is -2.01. The minimum Gasteiger partial charge on any atom is -0.489 e. The van der Waals surface area contributed by atoms with Crippen molar-refractivity contribution in [3.8, 4) is 11.5 Å². The molecule has 0 aliphatic heterocycles. The highest BCUT2D eigenvalue weighted by atomic mass is 35.5. The first-order chi connectivity index (χ1) is 11.4. The van der Waals surface area contributed by atoms with Crippen LogP contribution in [0.5, 0.6) is 11.5 Å². The molecule has 0 radical (unpaired) electrons. The Morgan fingerprint density at radius 1 is 1.29 bits per heavy atom. The van der Waals surface area contributed by atoms with E-state index in [0.717, 1.165) is 27.0 Å². The molecule has 0 N–H and O–H groups in total. The van der Waals surface area contributed by atoms with Crippen molar-refractivity contribution >= 4 is 39.0 Å². The zero-order chi connectivity index (χ0) is 17.3. The second kappa shape index (κ2) is 6.79. The molecule has 0 saturated carbocycles. The third-order valence-electron chi connectivity index (χ3n) is 3.55. The summed E-state index contributed by atoms with van der Waals surface area (Å²) in [6.45, 7) is 5.71. The number of hydrogen-bond donors (Lipinski definition) is 0. The van der Waals surface area contributed by atoms with Crippen molar-refractivity contribution < 1.29 is 14.3 Å². The molecule has 0 unspecified atom stereocenters. The Hall–Kier alpha value is -2.11. The van der Waals surface area contributed by atoms with Crippen LogP contribution in [0.15, 0.2) is 29.6 Å². The van der Waals surface area contributed by atoms with Crippen LogP contribution in [0, 0.1) is 13.8 Å². The predicted octanol–water partition coefficient (Wildman–Crippen LogP) is 5.07. The van der Waals surface area contributed by atoms with E-state index in [-0.39, 0.29) is 5.97 Å². The summed E-state index contributed by atoms with van der Waals surface area (Å²) < 4.78 is 12.0. The van der Waals surface area contributed by atoms with Crippen molar-refractivity contribution in [3.63, 3.8) is 0 Å². The minimum absolute atomic E-state index is 0.367. The summed E-state index contributed by atoms with van der Waals surface area (Å²) in [5, 5.41) is 3.01.